The molecule has 0 spiro atoms. The van der Waals surface area contributed by atoms with Crippen LogP contribution < -0.4 is 20.7 Å². The van der Waals surface area contributed by atoms with Crippen LogP contribution in [0.15, 0.2) is 83.3 Å². The molecule has 0 unspecified atom stereocenters. The first-order valence-electron chi connectivity index (χ1n) is 7.22. The lowest BCUT2D eigenvalue weighted by molar-refractivity contribution is 0.418. The topological polar surface area (TPSA) is 26.3 Å². The Morgan fingerprint density at radius 2 is 1.35 bits per heavy atom. The van der Waals surface area contributed by atoms with E-state index < -0.39 is 7.14 Å². The Labute approximate surface area is 144 Å². The van der Waals surface area contributed by atoms with Crippen molar-refractivity contribution in [1.29, 1.82) is 0 Å². The van der Waals surface area contributed by atoms with E-state index in [0.717, 1.165) is 15.1 Å². The summed E-state index contributed by atoms with van der Waals surface area (Å²) in [5.41, 5.74) is 0. The van der Waals surface area contributed by atoms with E-state index in [1.807, 2.05) is 78.9 Å². The molecule has 3 aromatic carbocycles. The second-order valence-corrected chi connectivity index (χ2v) is 8.62. The average molecular weight is 387 g/mol. The molecule has 0 aliphatic rings. The number of hydrogen-bond acceptors (Lipinski definition) is 2. The maximum Gasteiger partial charge on any atom is 0.175 e. The van der Waals surface area contributed by atoms with Gasteiger partial charge in [-0.15, -0.1) is 0 Å². The van der Waals surface area contributed by atoms with Gasteiger partial charge in [0.05, 0.1) is 12.4 Å². The van der Waals surface area contributed by atoms with Crippen molar-refractivity contribution in [2.45, 2.75) is 0 Å². The highest BCUT2D eigenvalue weighted by Crippen LogP contribution is 2.46. The van der Waals surface area contributed by atoms with Gasteiger partial charge in [-0.3, -0.25) is 0 Å². The van der Waals surface area contributed by atoms with Crippen LogP contribution in [0.5, 0.6) is 5.75 Å². The Hall–Kier alpha value is -1.83. The van der Waals surface area contributed by atoms with Gasteiger partial charge in [0.25, 0.3) is 0 Å². The lowest BCUT2D eigenvalue weighted by atomic mass is 10.3. The van der Waals surface area contributed by atoms with Crippen molar-refractivity contribution in [2.24, 2.45) is 0 Å². The molecule has 3 rings (SSSR count). The molecule has 0 saturated carbocycles. The zero-order valence-electron chi connectivity index (χ0n) is 12.6. The Morgan fingerprint density at radius 3 is 2.00 bits per heavy atom. The van der Waals surface area contributed by atoms with Crippen molar-refractivity contribution in [3.05, 3.63) is 83.3 Å². The summed E-state index contributed by atoms with van der Waals surface area (Å²) >= 11 is 3.56. The number of para-hydroxylation sites is 1. The van der Waals surface area contributed by atoms with Gasteiger partial charge in [0.2, 0.25) is 0 Å². The quantitative estimate of drug-likeness (QED) is 0.631. The van der Waals surface area contributed by atoms with Crippen molar-refractivity contribution in [1.82, 2.24) is 0 Å². The first kappa shape index (κ1) is 16.0. The second kappa shape index (κ2) is 6.74. The zero-order valence-corrected chi connectivity index (χ0v) is 15.1. The molecule has 2 nitrogen and oxygen atoms in total. The summed E-state index contributed by atoms with van der Waals surface area (Å²) in [5.74, 6) is 0.635. The standard InChI is InChI=1S/C19H16BrO2P/c1-22-17-12-6-8-14-19(17)23(21,15-9-3-2-4-10-15)18-13-7-5-11-16(18)20/h2-14H,1H3/t23-/m0/s1. The van der Waals surface area contributed by atoms with Crippen molar-refractivity contribution in [2.75, 3.05) is 7.11 Å². The van der Waals surface area contributed by atoms with Gasteiger partial charge in [-0.05, 0) is 24.3 Å². The fourth-order valence-electron chi connectivity index (χ4n) is 2.64. The Bertz CT molecular complexity index is 862. The molecule has 0 radical (unpaired) electrons. The molecule has 0 N–H and O–H groups in total. The molecule has 116 valence electrons. The predicted octanol–water partition coefficient (Wildman–Crippen LogP) is 4.10. The number of ether oxygens (including phenoxy) is 1. The monoisotopic (exact) mass is 386 g/mol. The minimum absolute atomic E-state index is 0.635. The van der Waals surface area contributed by atoms with Crippen LogP contribution in [0.2, 0.25) is 0 Å². The van der Waals surface area contributed by atoms with E-state index in [1.54, 1.807) is 7.11 Å². The molecule has 0 amide bonds. The van der Waals surface area contributed by atoms with Crippen molar-refractivity contribution < 1.29 is 9.30 Å². The second-order valence-electron chi connectivity index (χ2n) is 5.07. The molecule has 23 heavy (non-hydrogen) atoms. The van der Waals surface area contributed by atoms with E-state index in [-0.39, 0.29) is 0 Å². The predicted molar refractivity (Wildman–Crippen MR) is 100 cm³/mol. The van der Waals surface area contributed by atoms with Crippen LogP contribution in [0.3, 0.4) is 0 Å². The van der Waals surface area contributed by atoms with Gasteiger partial charge in [-0.25, -0.2) is 0 Å². The molecule has 0 fully saturated rings. The number of hydrogen-bond donors (Lipinski definition) is 0. The smallest absolute Gasteiger partial charge is 0.175 e. The molecule has 0 aromatic heterocycles. The highest BCUT2D eigenvalue weighted by Gasteiger charge is 2.33. The third-order valence-electron chi connectivity index (χ3n) is 3.74. The van der Waals surface area contributed by atoms with Gasteiger partial charge < -0.3 is 9.30 Å². The molecule has 0 heterocycles. The summed E-state index contributed by atoms with van der Waals surface area (Å²) < 4.78 is 20.6. The van der Waals surface area contributed by atoms with Crippen molar-refractivity contribution in [3.8, 4) is 5.75 Å². The molecule has 4 heteroatoms. The van der Waals surface area contributed by atoms with Crippen LogP contribution >= 0.6 is 23.1 Å². The summed E-state index contributed by atoms with van der Waals surface area (Å²) in [5, 5.41) is 2.27. The normalized spacial score (nSPS) is 13.3. The Balaban J connectivity index is 2.36. The van der Waals surface area contributed by atoms with E-state index in [2.05, 4.69) is 15.9 Å². The fourth-order valence-corrected chi connectivity index (χ4v) is 6.53. The maximum absolute atomic E-state index is 14.3. The van der Waals surface area contributed by atoms with Crippen LogP contribution in [0.25, 0.3) is 0 Å². The van der Waals surface area contributed by atoms with Gasteiger partial charge in [-0.2, -0.15) is 0 Å². The summed E-state index contributed by atoms with van der Waals surface area (Å²) in [6, 6.07) is 24.7. The van der Waals surface area contributed by atoms with Gasteiger partial charge >= 0.3 is 0 Å². The van der Waals surface area contributed by atoms with Crippen LogP contribution in [-0.2, 0) is 4.57 Å². The Morgan fingerprint density at radius 1 is 0.783 bits per heavy atom. The minimum atomic E-state index is -3.04. The highest BCUT2D eigenvalue weighted by atomic mass is 79.9. The first-order chi connectivity index (χ1) is 11.2. The maximum atomic E-state index is 14.3. The van der Waals surface area contributed by atoms with Gasteiger partial charge in [0.15, 0.2) is 7.14 Å². The van der Waals surface area contributed by atoms with E-state index >= 15 is 0 Å². The van der Waals surface area contributed by atoms with Gasteiger partial charge in [-0.1, -0.05) is 70.5 Å². The molecule has 3 aromatic rings. The SMILES string of the molecule is COc1ccccc1[P@](=O)(c1ccccc1)c1ccccc1Br. The van der Waals surface area contributed by atoms with E-state index in [4.69, 9.17) is 4.74 Å². The molecule has 0 bridgehead atoms. The van der Waals surface area contributed by atoms with Crippen LogP contribution in [0, 0.1) is 0 Å². The summed E-state index contributed by atoms with van der Waals surface area (Å²) in [6.45, 7) is 0. The summed E-state index contributed by atoms with van der Waals surface area (Å²) in [7, 11) is -1.43. The molecular weight excluding hydrogens is 371 g/mol. The summed E-state index contributed by atoms with van der Waals surface area (Å²) in [6.07, 6.45) is 0. The Kier molecular flexibility index (Phi) is 4.70. The third kappa shape index (κ3) is 2.87. The largest absolute Gasteiger partial charge is 0.496 e. The third-order valence-corrected chi connectivity index (χ3v) is 7.88. The van der Waals surface area contributed by atoms with E-state index in [1.165, 1.54) is 0 Å². The number of halogens is 1. The van der Waals surface area contributed by atoms with E-state index in [9.17, 15) is 4.57 Å². The summed E-state index contributed by atoms with van der Waals surface area (Å²) in [4.78, 5) is 0. The minimum Gasteiger partial charge on any atom is -0.496 e. The van der Waals surface area contributed by atoms with Gasteiger partial charge in [0, 0.05) is 15.1 Å². The van der Waals surface area contributed by atoms with Crippen LogP contribution in [-0.4, -0.2) is 7.11 Å². The number of rotatable bonds is 4. The van der Waals surface area contributed by atoms with Crippen molar-refractivity contribution >= 4 is 39.0 Å². The fraction of sp³-hybridized carbons (Fsp3) is 0.0526. The zero-order chi connectivity index (χ0) is 16.3. The highest BCUT2D eigenvalue weighted by molar-refractivity contribution is 9.10. The van der Waals surface area contributed by atoms with Crippen LogP contribution in [0.1, 0.15) is 0 Å². The molecular formula is C19H16BrO2P. The number of benzene rings is 3. The average Bonchev–Trinajstić information content (AvgIpc) is 2.62. The van der Waals surface area contributed by atoms with E-state index in [0.29, 0.717) is 11.1 Å². The lowest BCUT2D eigenvalue weighted by Gasteiger charge is -2.22. The first-order valence-corrected chi connectivity index (χ1v) is 9.72. The van der Waals surface area contributed by atoms with Gasteiger partial charge in [0.1, 0.15) is 5.75 Å². The molecule has 1 atom stereocenters. The van der Waals surface area contributed by atoms with Crippen molar-refractivity contribution in [3.63, 3.8) is 0 Å². The molecule has 0 aliphatic carbocycles. The molecule has 0 saturated heterocycles. The van der Waals surface area contributed by atoms with Crippen LogP contribution in [0.4, 0.5) is 0 Å². The number of methoxy groups -OCH3 is 1. The molecule has 0 aliphatic heterocycles. The lowest BCUT2D eigenvalue weighted by Crippen LogP contribution is -2.26.